The van der Waals surface area contributed by atoms with Crippen molar-refractivity contribution in [2.45, 2.75) is 32.4 Å². The summed E-state index contributed by atoms with van der Waals surface area (Å²) in [4.78, 5) is 26.7. The van der Waals surface area contributed by atoms with Crippen LogP contribution >= 0.6 is 0 Å². The predicted molar refractivity (Wildman–Crippen MR) is 43.3 cm³/mol. The summed E-state index contributed by atoms with van der Waals surface area (Å²) in [6.07, 6.45) is 0.135. The van der Waals surface area contributed by atoms with E-state index in [4.69, 9.17) is 4.84 Å². The number of hydroxylamine groups is 2. The second-order valence-electron chi connectivity index (χ2n) is 2.90. The summed E-state index contributed by atoms with van der Waals surface area (Å²) >= 11 is 0. The van der Waals surface area contributed by atoms with Crippen molar-refractivity contribution < 1.29 is 19.5 Å². The van der Waals surface area contributed by atoms with E-state index in [1.165, 1.54) is 0 Å². The number of hydrogen-bond donors (Lipinski definition) is 1. The maximum absolute atomic E-state index is 11.0. The molecule has 0 spiro atoms. The molecule has 0 aliphatic carbocycles. The van der Waals surface area contributed by atoms with Crippen molar-refractivity contribution in [3.8, 4) is 0 Å². The Balaban J connectivity index is 2.35. The van der Waals surface area contributed by atoms with Crippen LogP contribution in [0.3, 0.4) is 0 Å². The van der Waals surface area contributed by atoms with Gasteiger partial charge in [0, 0.05) is 19.3 Å². The van der Waals surface area contributed by atoms with Crippen molar-refractivity contribution in [1.29, 1.82) is 0 Å². The van der Waals surface area contributed by atoms with Gasteiger partial charge in [0.25, 0.3) is 0 Å². The molecule has 0 aromatic rings. The van der Waals surface area contributed by atoms with Crippen molar-refractivity contribution >= 4 is 11.7 Å². The van der Waals surface area contributed by atoms with Gasteiger partial charge in [0.05, 0.1) is 0 Å². The highest BCUT2D eigenvalue weighted by Crippen LogP contribution is 2.16. The van der Waals surface area contributed by atoms with Crippen LogP contribution in [0.15, 0.2) is 0 Å². The largest absolute Gasteiger partial charge is 0.371 e. The molecule has 0 saturated carbocycles. The van der Waals surface area contributed by atoms with Crippen molar-refractivity contribution in [3.05, 3.63) is 0 Å². The molecule has 1 atom stereocenters. The number of aliphatic hydroxyl groups excluding tert-OH is 1. The number of carbonyl (C=O) groups excluding carboxylic acids is 2. The van der Waals surface area contributed by atoms with Crippen molar-refractivity contribution in [2.24, 2.45) is 0 Å². The number of nitrogens with zero attached hydrogens (tertiary/aromatic N) is 1. The Bertz CT molecular complexity index is 216. The van der Waals surface area contributed by atoms with Crippen LogP contribution in [-0.4, -0.2) is 34.7 Å². The Morgan fingerprint density at radius 3 is 2.92 bits per heavy atom. The fourth-order valence-corrected chi connectivity index (χ4v) is 1.05. The van der Waals surface area contributed by atoms with Gasteiger partial charge >= 0.3 is 0 Å². The van der Waals surface area contributed by atoms with Crippen molar-refractivity contribution in [2.75, 3.05) is 6.61 Å². The van der Waals surface area contributed by atoms with Gasteiger partial charge in [-0.2, -0.15) is 5.06 Å². The molecule has 0 aromatic carbocycles. The third-order valence-corrected chi connectivity index (χ3v) is 1.89. The first-order valence-corrected chi connectivity index (χ1v) is 4.30. The Morgan fingerprint density at radius 1 is 1.77 bits per heavy atom. The Kier molecular flexibility index (Phi) is 3.39. The monoisotopic (exact) mass is 187 g/mol. The summed E-state index contributed by atoms with van der Waals surface area (Å²) < 4.78 is 0. The molecule has 1 aliphatic rings. The number of ketones is 1. The number of rotatable bonds is 4. The number of Topliss-reactive ketones (excluding diaryl/α,β-unsaturated/α-hetero) is 1. The van der Waals surface area contributed by atoms with E-state index in [0.717, 1.165) is 5.06 Å². The standard InChI is InChI=1S/C8H13NO4/c1-2-6(10)5-13-9-7(11)3-4-8(9)12/h7,11H,2-5H2,1H3. The van der Waals surface area contributed by atoms with Crippen LogP contribution in [0.2, 0.25) is 0 Å². The Labute approximate surface area is 76.2 Å². The smallest absolute Gasteiger partial charge is 0.248 e. The Morgan fingerprint density at radius 2 is 2.46 bits per heavy atom. The topological polar surface area (TPSA) is 66.8 Å². The van der Waals surface area contributed by atoms with E-state index in [-0.39, 0.29) is 24.7 Å². The lowest BCUT2D eigenvalue weighted by atomic mass is 10.3. The molecule has 1 heterocycles. The van der Waals surface area contributed by atoms with Gasteiger partial charge in [-0.05, 0) is 0 Å². The molecule has 1 saturated heterocycles. The maximum Gasteiger partial charge on any atom is 0.248 e. The van der Waals surface area contributed by atoms with E-state index in [2.05, 4.69) is 0 Å². The summed E-state index contributed by atoms with van der Waals surface area (Å²) in [6, 6.07) is 0. The predicted octanol–water partition coefficient (Wildman–Crippen LogP) is -0.162. The van der Waals surface area contributed by atoms with E-state index in [1.807, 2.05) is 0 Å². The summed E-state index contributed by atoms with van der Waals surface area (Å²) in [5, 5.41) is 10.1. The third kappa shape index (κ3) is 2.50. The highest BCUT2D eigenvalue weighted by molar-refractivity contribution is 5.80. The van der Waals surface area contributed by atoms with Crippen LogP contribution < -0.4 is 0 Å². The van der Waals surface area contributed by atoms with Gasteiger partial charge in [0.15, 0.2) is 12.0 Å². The summed E-state index contributed by atoms with van der Waals surface area (Å²) in [7, 11) is 0. The van der Waals surface area contributed by atoms with Crippen molar-refractivity contribution in [1.82, 2.24) is 5.06 Å². The lowest BCUT2D eigenvalue weighted by Gasteiger charge is -2.18. The molecular formula is C8H13NO4. The fraction of sp³-hybridized carbons (Fsp3) is 0.750. The van der Waals surface area contributed by atoms with E-state index < -0.39 is 6.23 Å². The molecule has 1 unspecified atom stereocenters. The molecule has 0 radical (unpaired) electrons. The number of hydrogen-bond acceptors (Lipinski definition) is 4. The minimum atomic E-state index is -0.892. The second-order valence-corrected chi connectivity index (χ2v) is 2.90. The van der Waals surface area contributed by atoms with E-state index >= 15 is 0 Å². The number of carbonyl (C=O) groups is 2. The van der Waals surface area contributed by atoms with Gasteiger partial charge in [0.1, 0.15) is 6.61 Å². The minimum Gasteiger partial charge on any atom is -0.371 e. The zero-order chi connectivity index (χ0) is 9.84. The van der Waals surface area contributed by atoms with Gasteiger partial charge in [-0.3, -0.25) is 14.4 Å². The molecule has 13 heavy (non-hydrogen) atoms. The normalized spacial score (nSPS) is 22.5. The summed E-state index contributed by atoms with van der Waals surface area (Å²) in [5.74, 6) is -0.358. The van der Waals surface area contributed by atoms with Crippen LogP contribution in [0, 0.1) is 0 Å². The molecule has 1 amide bonds. The van der Waals surface area contributed by atoms with Gasteiger partial charge < -0.3 is 5.11 Å². The van der Waals surface area contributed by atoms with E-state index in [0.29, 0.717) is 12.8 Å². The Hall–Kier alpha value is -0.940. The molecule has 74 valence electrons. The fourth-order valence-electron chi connectivity index (χ4n) is 1.05. The first kappa shape index (κ1) is 10.1. The number of aliphatic hydroxyl groups is 1. The van der Waals surface area contributed by atoms with Gasteiger partial charge in [-0.1, -0.05) is 6.92 Å². The highest BCUT2D eigenvalue weighted by Gasteiger charge is 2.30. The van der Waals surface area contributed by atoms with Gasteiger partial charge in [-0.15, -0.1) is 0 Å². The second kappa shape index (κ2) is 4.34. The van der Waals surface area contributed by atoms with Crippen LogP contribution in [0.5, 0.6) is 0 Å². The molecule has 0 bridgehead atoms. The van der Waals surface area contributed by atoms with Crippen molar-refractivity contribution in [3.63, 3.8) is 0 Å². The number of amides is 1. The zero-order valence-electron chi connectivity index (χ0n) is 7.52. The quantitative estimate of drug-likeness (QED) is 0.664. The first-order valence-electron chi connectivity index (χ1n) is 4.30. The molecular weight excluding hydrogens is 174 g/mol. The van der Waals surface area contributed by atoms with Gasteiger partial charge in [0.2, 0.25) is 5.91 Å². The molecule has 1 N–H and O–H groups in total. The van der Waals surface area contributed by atoms with Gasteiger partial charge in [-0.25, -0.2) is 0 Å². The molecule has 5 nitrogen and oxygen atoms in total. The molecule has 1 rings (SSSR count). The molecule has 0 aromatic heterocycles. The SMILES string of the molecule is CCC(=O)CON1C(=O)CCC1O. The van der Waals surface area contributed by atoms with E-state index in [9.17, 15) is 14.7 Å². The molecule has 5 heteroatoms. The average Bonchev–Trinajstić information content (AvgIpc) is 2.43. The molecule has 1 aliphatic heterocycles. The minimum absolute atomic E-state index is 0.0908. The third-order valence-electron chi connectivity index (χ3n) is 1.89. The summed E-state index contributed by atoms with van der Waals surface area (Å²) in [5.41, 5.74) is 0. The lowest BCUT2D eigenvalue weighted by Crippen LogP contribution is -2.34. The van der Waals surface area contributed by atoms with E-state index in [1.54, 1.807) is 6.92 Å². The van der Waals surface area contributed by atoms with Crippen LogP contribution in [0.4, 0.5) is 0 Å². The van der Waals surface area contributed by atoms with Crippen LogP contribution in [0.1, 0.15) is 26.2 Å². The maximum atomic E-state index is 11.0. The average molecular weight is 187 g/mol. The van der Waals surface area contributed by atoms with Crippen LogP contribution in [0.25, 0.3) is 0 Å². The highest BCUT2D eigenvalue weighted by atomic mass is 16.7. The first-order chi connectivity index (χ1) is 6.15. The van der Waals surface area contributed by atoms with Crippen LogP contribution in [-0.2, 0) is 14.4 Å². The summed E-state index contributed by atoms with van der Waals surface area (Å²) in [6.45, 7) is 1.58. The lowest BCUT2D eigenvalue weighted by molar-refractivity contribution is -0.217. The molecule has 1 fully saturated rings. The zero-order valence-corrected chi connectivity index (χ0v) is 7.52.